The molecule has 0 saturated carbocycles. The highest BCUT2D eigenvalue weighted by Gasteiger charge is 2.17. The minimum absolute atomic E-state index is 0.0140. The molecule has 2 aromatic rings. The molecule has 0 saturated heterocycles. The van der Waals surface area contributed by atoms with Gasteiger partial charge in [0.2, 0.25) is 0 Å². The van der Waals surface area contributed by atoms with Crippen molar-refractivity contribution in [2.45, 2.75) is 0 Å². The second-order valence-electron chi connectivity index (χ2n) is 3.34. The quantitative estimate of drug-likeness (QED) is 0.690. The van der Waals surface area contributed by atoms with Gasteiger partial charge in [0, 0.05) is 24.5 Å². The Morgan fingerprint density at radius 1 is 1.21 bits per heavy atom. The molecule has 19 heavy (non-hydrogen) atoms. The van der Waals surface area contributed by atoms with Crippen molar-refractivity contribution in [3.8, 4) is 11.6 Å². The van der Waals surface area contributed by atoms with Gasteiger partial charge in [-0.1, -0.05) is 23.2 Å². The number of hydrogen-bond donors (Lipinski definition) is 1. The van der Waals surface area contributed by atoms with E-state index < -0.39 is 4.92 Å². The maximum absolute atomic E-state index is 10.6. The molecular formula is C10H6Cl2N4O3. The third-order valence-corrected chi connectivity index (χ3v) is 2.65. The molecule has 0 atom stereocenters. The molecule has 0 aliphatic rings. The van der Waals surface area contributed by atoms with Gasteiger partial charge in [0.15, 0.2) is 11.6 Å². The van der Waals surface area contributed by atoms with Crippen LogP contribution in [0, 0.1) is 10.1 Å². The van der Waals surface area contributed by atoms with Gasteiger partial charge < -0.3 is 10.5 Å². The van der Waals surface area contributed by atoms with Gasteiger partial charge in [0.1, 0.15) is 0 Å². The van der Waals surface area contributed by atoms with E-state index in [1.807, 2.05) is 0 Å². The summed E-state index contributed by atoms with van der Waals surface area (Å²) < 4.78 is 5.32. The summed E-state index contributed by atoms with van der Waals surface area (Å²) in [6, 6.07) is 2.24. The molecule has 0 unspecified atom stereocenters. The number of nitrogen functional groups attached to an aromatic ring is 1. The Hall–Kier alpha value is -2.12. The van der Waals surface area contributed by atoms with E-state index >= 15 is 0 Å². The number of aromatic nitrogens is 2. The normalized spacial score (nSPS) is 10.2. The third kappa shape index (κ3) is 2.83. The first-order chi connectivity index (χ1) is 8.99. The summed E-state index contributed by atoms with van der Waals surface area (Å²) in [5.74, 6) is 0.0919. The van der Waals surface area contributed by atoms with Gasteiger partial charge in [0.25, 0.3) is 11.6 Å². The summed E-state index contributed by atoms with van der Waals surface area (Å²) in [5, 5.41) is 10.6. The van der Waals surface area contributed by atoms with Crippen LogP contribution in [0.2, 0.25) is 10.0 Å². The standard InChI is InChI=1S/C10H6Cl2N4O3/c11-6-3-5(16(17)18)4-7(12)8(6)19-10-9(13)14-1-2-15-10/h1-4H,(H2,13,14). The highest BCUT2D eigenvalue weighted by molar-refractivity contribution is 6.37. The molecule has 0 amide bonds. The fourth-order valence-electron chi connectivity index (χ4n) is 1.26. The molecule has 9 heteroatoms. The van der Waals surface area contributed by atoms with Gasteiger partial charge in [-0.05, 0) is 0 Å². The van der Waals surface area contributed by atoms with E-state index in [2.05, 4.69) is 9.97 Å². The van der Waals surface area contributed by atoms with Crippen molar-refractivity contribution < 1.29 is 9.66 Å². The van der Waals surface area contributed by atoms with E-state index in [0.717, 1.165) is 12.1 Å². The average molecular weight is 301 g/mol. The second kappa shape index (κ2) is 5.25. The van der Waals surface area contributed by atoms with Gasteiger partial charge >= 0.3 is 0 Å². The molecule has 0 aliphatic heterocycles. The fraction of sp³-hybridized carbons (Fsp3) is 0. The Bertz CT molecular complexity index is 627. The summed E-state index contributed by atoms with van der Waals surface area (Å²) in [5.41, 5.74) is 5.31. The van der Waals surface area contributed by atoms with Crippen molar-refractivity contribution in [1.82, 2.24) is 9.97 Å². The Morgan fingerprint density at radius 3 is 2.32 bits per heavy atom. The minimum atomic E-state index is -0.613. The molecule has 2 N–H and O–H groups in total. The molecule has 1 aromatic carbocycles. The predicted octanol–water partition coefficient (Wildman–Crippen LogP) is 3.07. The van der Waals surface area contributed by atoms with Gasteiger partial charge in [-0.25, -0.2) is 9.97 Å². The van der Waals surface area contributed by atoms with E-state index in [-0.39, 0.29) is 33.2 Å². The lowest BCUT2D eigenvalue weighted by Crippen LogP contribution is -1.98. The van der Waals surface area contributed by atoms with Crippen LogP contribution in [0.1, 0.15) is 0 Å². The van der Waals surface area contributed by atoms with Crippen molar-refractivity contribution in [2.24, 2.45) is 0 Å². The highest BCUT2D eigenvalue weighted by Crippen LogP contribution is 2.39. The summed E-state index contributed by atoms with van der Waals surface area (Å²) in [6.45, 7) is 0. The van der Waals surface area contributed by atoms with Gasteiger partial charge in [-0.2, -0.15) is 0 Å². The molecule has 1 aromatic heterocycles. The molecule has 0 fully saturated rings. The van der Waals surface area contributed by atoms with Crippen molar-refractivity contribution in [2.75, 3.05) is 5.73 Å². The summed E-state index contributed by atoms with van der Waals surface area (Å²) in [6.07, 6.45) is 2.76. The molecule has 1 heterocycles. The number of halogens is 2. The summed E-state index contributed by atoms with van der Waals surface area (Å²) in [7, 11) is 0. The molecule has 98 valence electrons. The fourth-order valence-corrected chi connectivity index (χ4v) is 1.81. The van der Waals surface area contributed by atoms with Crippen LogP contribution < -0.4 is 10.5 Å². The van der Waals surface area contributed by atoms with Gasteiger partial charge in [-0.3, -0.25) is 10.1 Å². The van der Waals surface area contributed by atoms with Crippen LogP contribution in [0.4, 0.5) is 11.5 Å². The van der Waals surface area contributed by atoms with E-state index in [9.17, 15) is 10.1 Å². The number of nitro benzene ring substituents is 1. The topological polar surface area (TPSA) is 104 Å². The maximum atomic E-state index is 10.6. The predicted molar refractivity (Wildman–Crippen MR) is 69.6 cm³/mol. The summed E-state index contributed by atoms with van der Waals surface area (Å²) in [4.78, 5) is 17.7. The number of ether oxygens (including phenoxy) is 1. The number of nitrogens with zero attached hydrogens (tertiary/aromatic N) is 3. The van der Waals surface area contributed by atoms with E-state index in [1.165, 1.54) is 12.4 Å². The molecule has 0 bridgehead atoms. The number of anilines is 1. The average Bonchev–Trinajstić information content (AvgIpc) is 2.35. The van der Waals surface area contributed by atoms with Crippen molar-refractivity contribution in [3.63, 3.8) is 0 Å². The van der Waals surface area contributed by atoms with Crippen LogP contribution in [0.3, 0.4) is 0 Å². The molecule has 2 rings (SSSR count). The van der Waals surface area contributed by atoms with Crippen LogP contribution in [0.25, 0.3) is 0 Å². The lowest BCUT2D eigenvalue weighted by atomic mass is 10.3. The van der Waals surface area contributed by atoms with Crippen LogP contribution >= 0.6 is 23.2 Å². The third-order valence-electron chi connectivity index (χ3n) is 2.08. The maximum Gasteiger partial charge on any atom is 0.272 e. The Kier molecular flexibility index (Phi) is 3.68. The zero-order valence-electron chi connectivity index (χ0n) is 9.21. The Morgan fingerprint density at radius 2 is 1.79 bits per heavy atom. The summed E-state index contributed by atoms with van der Waals surface area (Å²) >= 11 is 11.8. The first kappa shape index (κ1) is 13.3. The lowest BCUT2D eigenvalue weighted by molar-refractivity contribution is -0.384. The molecule has 0 aliphatic carbocycles. The second-order valence-corrected chi connectivity index (χ2v) is 4.16. The first-order valence-corrected chi connectivity index (χ1v) is 5.62. The van der Waals surface area contributed by atoms with E-state index in [1.54, 1.807) is 0 Å². The zero-order chi connectivity index (χ0) is 14.0. The van der Waals surface area contributed by atoms with E-state index in [0.29, 0.717) is 0 Å². The van der Waals surface area contributed by atoms with Crippen LogP contribution in [-0.4, -0.2) is 14.9 Å². The zero-order valence-corrected chi connectivity index (χ0v) is 10.7. The van der Waals surface area contributed by atoms with Gasteiger partial charge in [-0.15, -0.1) is 0 Å². The first-order valence-electron chi connectivity index (χ1n) is 4.87. The number of non-ortho nitro benzene ring substituents is 1. The minimum Gasteiger partial charge on any atom is -0.433 e. The molecule has 7 nitrogen and oxygen atoms in total. The van der Waals surface area contributed by atoms with Crippen molar-refractivity contribution in [1.29, 1.82) is 0 Å². The monoisotopic (exact) mass is 300 g/mol. The molecule has 0 spiro atoms. The smallest absolute Gasteiger partial charge is 0.272 e. The number of nitrogens with two attached hydrogens (primary N) is 1. The Balaban J connectivity index is 2.42. The lowest BCUT2D eigenvalue weighted by Gasteiger charge is -2.09. The van der Waals surface area contributed by atoms with Gasteiger partial charge in [0.05, 0.1) is 15.0 Å². The number of nitro groups is 1. The molecular weight excluding hydrogens is 295 g/mol. The number of hydrogen-bond acceptors (Lipinski definition) is 6. The van der Waals surface area contributed by atoms with Crippen LogP contribution in [-0.2, 0) is 0 Å². The Labute approximate surface area is 117 Å². The van der Waals surface area contributed by atoms with Crippen LogP contribution in [0.15, 0.2) is 24.5 Å². The SMILES string of the molecule is Nc1nccnc1Oc1c(Cl)cc([N+](=O)[O-])cc1Cl. The van der Waals surface area contributed by atoms with Crippen molar-refractivity contribution in [3.05, 3.63) is 44.7 Å². The number of benzene rings is 1. The van der Waals surface area contributed by atoms with E-state index in [4.69, 9.17) is 33.7 Å². The van der Waals surface area contributed by atoms with Crippen molar-refractivity contribution >= 4 is 34.7 Å². The highest BCUT2D eigenvalue weighted by atomic mass is 35.5. The van der Waals surface area contributed by atoms with Crippen LogP contribution in [0.5, 0.6) is 11.6 Å². The largest absolute Gasteiger partial charge is 0.433 e. The molecule has 0 radical (unpaired) electrons. The number of rotatable bonds is 3.